The van der Waals surface area contributed by atoms with E-state index in [-0.39, 0.29) is 17.4 Å². The summed E-state index contributed by atoms with van der Waals surface area (Å²) in [5.41, 5.74) is 1.22. The molecule has 0 aliphatic heterocycles. The van der Waals surface area contributed by atoms with E-state index >= 15 is 0 Å². The number of benzene rings is 2. The molecule has 0 aliphatic rings. The molecule has 1 atom stereocenters. The Balaban J connectivity index is 2.22. The Kier molecular flexibility index (Phi) is 4.75. The van der Waals surface area contributed by atoms with Crippen LogP contribution in [0.5, 0.6) is 0 Å². The fourth-order valence-corrected chi connectivity index (χ4v) is 2.30. The van der Waals surface area contributed by atoms with Gasteiger partial charge in [-0.3, -0.25) is 4.79 Å². The molecule has 0 spiro atoms. The molecule has 0 heterocycles. The Morgan fingerprint density at radius 3 is 2.43 bits per heavy atom. The van der Waals surface area contributed by atoms with Crippen molar-refractivity contribution in [2.45, 2.75) is 12.8 Å². The van der Waals surface area contributed by atoms with Gasteiger partial charge in [-0.15, -0.1) is 0 Å². The van der Waals surface area contributed by atoms with Crippen LogP contribution in [0.1, 0.15) is 28.8 Å². The van der Waals surface area contributed by atoms with Crippen molar-refractivity contribution < 1.29 is 14.7 Å². The van der Waals surface area contributed by atoms with Gasteiger partial charge in [-0.1, -0.05) is 46.3 Å². The molecular formula is C16H14BrNO3. The molecule has 21 heavy (non-hydrogen) atoms. The number of hydrogen-bond acceptors (Lipinski definition) is 2. The van der Waals surface area contributed by atoms with E-state index in [1.54, 1.807) is 19.1 Å². The Hall–Kier alpha value is -2.14. The van der Waals surface area contributed by atoms with Crippen molar-refractivity contribution in [3.8, 4) is 0 Å². The molecule has 5 heteroatoms. The monoisotopic (exact) mass is 347 g/mol. The van der Waals surface area contributed by atoms with Gasteiger partial charge in [0.1, 0.15) is 0 Å². The predicted molar refractivity (Wildman–Crippen MR) is 84.6 cm³/mol. The maximum Gasteiger partial charge on any atom is 0.337 e. The highest BCUT2D eigenvalue weighted by atomic mass is 79.9. The number of carboxylic acids is 1. The van der Waals surface area contributed by atoms with Crippen molar-refractivity contribution >= 4 is 33.5 Å². The van der Waals surface area contributed by atoms with Crippen LogP contribution >= 0.6 is 15.9 Å². The van der Waals surface area contributed by atoms with Gasteiger partial charge in [-0.05, 0) is 30.7 Å². The fourth-order valence-electron chi connectivity index (χ4n) is 1.94. The zero-order valence-electron chi connectivity index (χ0n) is 11.3. The SMILES string of the molecule is CC(C(=O)Nc1ccc(Br)cc1C(=O)O)c1ccccc1. The topological polar surface area (TPSA) is 66.4 Å². The molecule has 2 aromatic rings. The highest BCUT2D eigenvalue weighted by Crippen LogP contribution is 2.23. The van der Waals surface area contributed by atoms with E-state index in [0.29, 0.717) is 10.2 Å². The zero-order valence-corrected chi connectivity index (χ0v) is 12.9. The molecule has 0 aromatic heterocycles. The maximum atomic E-state index is 12.3. The number of amides is 1. The van der Waals surface area contributed by atoms with Crippen LogP contribution < -0.4 is 5.32 Å². The van der Waals surface area contributed by atoms with E-state index in [1.165, 1.54) is 6.07 Å². The molecule has 2 aromatic carbocycles. The number of nitrogens with one attached hydrogen (secondary N) is 1. The number of carboxylic acid groups (broad SMARTS) is 1. The molecule has 0 fully saturated rings. The molecular weight excluding hydrogens is 334 g/mol. The average molecular weight is 348 g/mol. The molecule has 2 N–H and O–H groups in total. The summed E-state index contributed by atoms with van der Waals surface area (Å²) in [6, 6.07) is 14.1. The van der Waals surface area contributed by atoms with Gasteiger partial charge < -0.3 is 10.4 Å². The third-order valence-electron chi connectivity index (χ3n) is 3.16. The van der Waals surface area contributed by atoms with E-state index in [9.17, 15) is 14.7 Å². The third-order valence-corrected chi connectivity index (χ3v) is 3.66. The minimum absolute atomic E-state index is 0.0537. The molecule has 0 bridgehead atoms. The van der Waals surface area contributed by atoms with Crippen LogP contribution in [0.2, 0.25) is 0 Å². The zero-order chi connectivity index (χ0) is 15.4. The maximum absolute atomic E-state index is 12.3. The fraction of sp³-hybridized carbons (Fsp3) is 0.125. The van der Waals surface area contributed by atoms with E-state index in [4.69, 9.17) is 0 Å². The van der Waals surface area contributed by atoms with Crippen LogP contribution in [0.4, 0.5) is 5.69 Å². The van der Waals surface area contributed by atoms with Crippen molar-refractivity contribution in [3.63, 3.8) is 0 Å². The second kappa shape index (κ2) is 6.54. The van der Waals surface area contributed by atoms with Crippen molar-refractivity contribution in [1.29, 1.82) is 0 Å². The summed E-state index contributed by atoms with van der Waals surface area (Å²) >= 11 is 3.22. The van der Waals surface area contributed by atoms with Crippen molar-refractivity contribution in [1.82, 2.24) is 0 Å². The van der Waals surface area contributed by atoms with Gasteiger partial charge in [-0.25, -0.2) is 4.79 Å². The number of anilines is 1. The van der Waals surface area contributed by atoms with Crippen molar-refractivity contribution in [3.05, 3.63) is 64.1 Å². The molecule has 0 radical (unpaired) electrons. The summed E-state index contributed by atoms with van der Waals surface area (Å²) in [4.78, 5) is 23.5. The molecule has 4 nitrogen and oxygen atoms in total. The average Bonchev–Trinajstić information content (AvgIpc) is 2.49. The Morgan fingerprint density at radius 2 is 1.81 bits per heavy atom. The first-order chi connectivity index (χ1) is 9.99. The van der Waals surface area contributed by atoms with Gasteiger partial charge in [0.25, 0.3) is 0 Å². The summed E-state index contributed by atoms with van der Waals surface area (Å²) in [5, 5.41) is 11.9. The Bertz CT molecular complexity index is 670. The minimum atomic E-state index is -1.08. The highest BCUT2D eigenvalue weighted by Gasteiger charge is 2.18. The van der Waals surface area contributed by atoms with Gasteiger partial charge >= 0.3 is 5.97 Å². The molecule has 2 rings (SSSR count). The summed E-state index contributed by atoms with van der Waals surface area (Å²) < 4.78 is 0.647. The van der Waals surface area contributed by atoms with Crippen LogP contribution in [0.3, 0.4) is 0 Å². The Morgan fingerprint density at radius 1 is 1.14 bits per heavy atom. The van der Waals surface area contributed by atoms with Gasteiger partial charge in [0, 0.05) is 4.47 Å². The van der Waals surface area contributed by atoms with E-state index in [2.05, 4.69) is 21.2 Å². The summed E-state index contributed by atoms with van der Waals surface area (Å²) in [5.74, 6) is -1.69. The van der Waals surface area contributed by atoms with Crippen molar-refractivity contribution in [2.24, 2.45) is 0 Å². The van der Waals surface area contributed by atoms with Crippen molar-refractivity contribution in [2.75, 3.05) is 5.32 Å². The lowest BCUT2D eigenvalue weighted by Crippen LogP contribution is -2.20. The minimum Gasteiger partial charge on any atom is -0.478 e. The van der Waals surface area contributed by atoms with Crippen LogP contribution in [0.15, 0.2) is 53.0 Å². The lowest BCUT2D eigenvalue weighted by Gasteiger charge is -2.14. The number of rotatable bonds is 4. The van der Waals surface area contributed by atoms with Gasteiger partial charge in [0.2, 0.25) is 5.91 Å². The summed E-state index contributed by atoms with van der Waals surface area (Å²) in [6.45, 7) is 1.78. The van der Waals surface area contributed by atoms with Gasteiger partial charge in [-0.2, -0.15) is 0 Å². The Labute approximate surface area is 130 Å². The first kappa shape index (κ1) is 15.3. The largest absolute Gasteiger partial charge is 0.478 e. The molecule has 0 saturated carbocycles. The van der Waals surface area contributed by atoms with E-state index in [0.717, 1.165) is 5.56 Å². The van der Waals surface area contributed by atoms with Crippen LogP contribution in [0, 0.1) is 0 Å². The molecule has 108 valence electrons. The van der Waals surface area contributed by atoms with E-state index in [1.807, 2.05) is 30.3 Å². The number of carbonyl (C=O) groups excluding carboxylic acids is 1. The van der Waals surface area contributed by atoms with Gasteiger partial charge in [0.05, 0.1) is 17.2 Å². The van der Waals surface area contributed by atoms with Crippen LogP contribution in [-0.2, 0) is 4.79 Å². The van der Waals surface area contributed by atoms with Gasteiger partial charge in [0.15, 0.2) is 0 Å². The molecule has 0 saturated heterocycles. The summed E-state index contributed by atoms with van der Waals surface area (Å²) in [7, 11) is 0. The normalized spacial score (nSPS) is 11.7. The predicted octanol–water partition coefficient (Wildman–Crippen LogP) is 3.89. The quantitative estimate of drug-likeness (QED) is 0.881. The lowest BCUT2D eigenvalue weighted by atomic mass is 10.0. The number of halogens is 1. The molecule has 1 amide bonds. The number of carbonyl (C=O) groups is 2. The first-order valence-corrected chi connectivity index (χ1v) is 7.17. The first-order valence-electron chi connectivity index (χ1n) is 6.37. The standard InChI is InChI=1S/C16H14BrNO3/c1-10(11-5-3-2-4-6-11)15(19)18-14-8-7-12(17)9-13(14)16(20)21/h2-10H,1H3,(H,18,19)(H,20,21). The van der Waals surface area contributed by atoms with E-state index < -0.39 is 5.97 Å². The summed E-state index contributed by atoms with van der Waals surface area (Å²) in [6.07, 6.45) is 0. The lowest BCUT2D eigenvalue weighted by molar-refractivity contribution is -0.117. The number of aromatic carboxylic acids is 1. The molecule has 0 aliphatic carbocycles. The third kappa shape index (κ3) is 3.70. The second-order valence-corrected chi connectivity index (χ2v) is 5.53. The van der Waals surface area contributed by atoms with Crippen LogP contribution in [0.25, 0.3) is 0 Å². The second-order valence-electron chi connectivity index (χ2n) is 4.62. The molecule has 1 unspecified atom stereocenters. The highest BCUT2D eigenvalue weighted by molar-refractivity contribution is 9.10. The van der Waals surface area contributed by atoms with Crippen LogP contribution in [-0.4, -0.2) is 17.0 Å². The number of hydrogen-bond donors (Lipinski definition) is 2. The smallest absolute Gasteiger partial charge is 0.337 e.